The second-order valence-electron chi connectivity index (χ2n) is 12.5. The highest BCUT2D eigenvalue weighted by Crippen LogP contribution is 2.49. The third-order valence-electron chi connectivity index (χ3n) is 9.06. The molecule has 0 saturated carbocycles. The molecule has 7 atom stereocenters. The van der Waals surface area contributed by atoms with Gasteiger partial charge in [-0.15, -0.1) is 0 Å². The normalized spacial score (nSPS) is 28.9. The molecule has 0 bridgehead atoms. The van der Waals surface area contributed by atoms with E-state index in [0.29, 0.717) is 24.0 Å². The largest absolute Gasteiger partial charge is 0.397 e. The summed E-state index contributed by atoms with van der Waals surface area (Å²) in [4.78, 5) is 15.0. The Morgan fingerprint density at radius 1 is 1.13 bits per heavy atom. The van der Waals surface area contributed by atoms with Crippen LogP contribution in [-0.4, -0.2) is 99.8 Å². The number of hydrogen-bond donors (Lipinski definition) is 6. The smallest absolute Gasteiger partial charge is 0.392 e. The number of rotatable bonds is 11. The fourth-order valence-corrected chi connectivity index (χ4v) is 9.03. The Hall–Kier alpha value is -2.83. The van der Waals surface area contributed by atoms with Crippen molar-refractivity contribution in [1.29, 1.82) is 0 Å². The van der Waals surface area contributed by atoms with Crippen LogP contribution in [0.2, 0.25) is 0 Å². The van der Waals surface area contributed by atoms with Gasteiger partial charge in [-0.1, -0.05) is 38.8 Å². The van der Waals surface area contributed by atoms with E-state index in [1.54, 1.807) is 42.5 Å². The molecule has 0 radical (unpaired) electrons. The number of ether oxygens (including phenoxy) is 1. The molecule has 2 aromatic carbocycles. The summed E-state index contributed by atoms with van der Waals surface area (Å²) >= 11 is 0. The molecule has 14 nitrogen and oxygen atoms in total. The highest BCUT2D eigenvalue weighted by atomic mass is 32.3. The van der Waals surface area contributed by atoms with Crippen LogP contribution in [0.4, 0.5) is 16.2 Å². The Labute approximate surface area is 276 Å². The molecular weight excluding hydrogens is 654 g/mol. The Morgan fingerprint density at radius 3 is 2.49 bits per heavy atom. The zero-order valence-corrected chi connectivity index (χ0v) is 28.5. The molecule has 4 rings (SSSR count). The summed E-state index contributed by atoms with van der Waals surface area (Å²) < 4.78 is 68.4. The second kappa shape index (κ2) is 14.7. The summed E-state index contributed by atoms with van der Waals surface area (Å²) in [6.07, 6.45) is -4.25. The van der Waals surface area contributed by atoms with Gasteiger partial charge in [0.1, 0.15) is 6.10 Å². The first-order chi connectivity index (χ1) is 22.0. The summed E-state index contributed by atoms with van der Waals surface area (Å²) in [5.41, 5.74) is 1.16. The van der Waals surface area contributed by atoms with Crippen LogP contribution in [0.5, 0.6) is 0 Å². The number of nitrogens with zero attached hydrogens (tertiary/aromatic N) is 1. The molecule has 1 fully saturated rings. The number of nitrogens with one attached hydrogen (secondary N) is 2. The number of benzene rings is 2. The molecule has 0 spiro atoms. The van der Waals surface area contributed by atoms with Gasteiger partial charge >= 0.3 is 16.4 Å². The number of carbonyl (C=O) groups excluding carboxylic acids is 1. The second-order valence-corrected chi connectivity index (χ2v) is 15.6. The van der Waals surface area contributed by atoms with E-state index in [4.69, 9.17) is 9.29 Å². The van der Waals surface area contributed by atoms with Gasteiger partial charge in [0.2, 0.25) is 0 Å². The molecule has 47 heavy (non-hydrogen) atoms. The molecule has 2 heterocycles. The maximum absolute atomic E-state index is 13.9. The van der Waals surface area contributed by atoms with Crippen molar-refractivity contribution in [3.8, 4) is 0 Å². The maximum Gasteiger partial charge on any atom is 0.397 e. The lowest BCUT2D eigenvalue weighted by Gasteiger charge is -2.39. The Balaban J connectivity index is 1.66. The predicted molar refractivity (Wildman–Crippen MR) is 174 cm³/mol. The minimum Gasteiger partial charge on any atom is -0.392 e. The van der Waals surface area contributed by atoms with Gasteiger partial charge in [0.05, 0.1) is 35.6 Å². The molecule has 0 aliphatic carbocycles. The fraction of sp³-hybridized carbons (Fsp3) is 0.581. The van der Waals surface area contributed by atoms with Crippen molar-refractivity contribution in [3.63, 3.8) is 0 Å². The SMILES string of the molecule is CCCC[C@]1(CC)CS(=O)(=O)c2ccc(N(C)C)cc2[C@@H](c2cccc(NC(=O)N[C@@H]3O[C@H](COS(=O)(=O)O)C[C@H](O)[C@H]3O)c2)[C@H]1O. The van der Waals surface area contributed by atoms with Crippen molar-refractivity contribution in [2.45, 2.75) is 87.4 Å². The standard InChI is InChI=1S/C31H45N3O11S2/c1-5-7-13-31(6-2)18-46(39,40)25-12-11-21(34(3)4)15-23(25)26(28(31)37)19-9-8-10-20(14-19)32-30(38)33-29-27(36)24(35)16-22(45-29)17-44-47(41,42)43/h8-12,14-15,22,24,26-29,35-37H,5-7,13,16-18H2,1-4H3,(H2,32,33,38)(H,41,42,43)/t22-,24-,26+,27+,28+,29+,31+/m0/s1. The van der Waals surface area contributed by atoms with E-state index in [0.717, 1.165) is 18.5 Å². The molecule has 0 unspecified atom stereocenters. The summed E-state index contributed by atoms with van der Waals surface area (Å²) in [6, 6.07) is 11.0. The molecule has 262 valence electrons. The van der Waals surface area contributed by atoms with Crippen LogP contribution in [0.15, 0.2) is 47.4 Å². The van der Waals surface area contributed by atoms with Crippen molar-refractivity contribution in [2.75, 3.05) is 36.7 Å². The minimum absolute atomic E-state index is 0.157. The summed E-state index contributed by atoms with van der Waals surface area (Å²) in [6.45, 7) is 3.26. The van der Waals surface area contributed by atoms with Crippen LogP contribution in [0.3, 0.4) is 0 Å². The Kier molecular flexibility index (Phi) is 11.6. The molecule has 16 heteroatoms. The van der Waals surface area contributed by atoms with Gasteiger partial charge in [0, 0.05) is 43.2 Å². The van der Waals surface area contributed by atoms with Crippen LogP contribution in [0.25, 0.3) is 0 Å². The van der Waals surface area contributed by atoms with Gasteiger partial charge in [-0.05, 0) is 54.3 Å². The number of fused-ring (bicyclic) bond motifs is 1. The van der Waals surface area contributed by atoms with Crippen LogP contribution in [0.1, 0.15) is 63.0 Å². The van der Waals surface area contributed by atoms with Crippen LogP contribution < -0.4 is 15.5 Å². The van der Waals surface area contributed by atoms with Crippen LogP contribution in [0, 0.1) is 5.41 Å². The maximum atomic E-state index is 13.9. The van der Waals surface area contributed by atoms with Crippen molar-refractivity contribution < 1.29 is 50.4 Å². The third kappa shape index (κ3) is 8.61. The quantitative estimate of drug-likeness (QED) is 0.187. The summed E-state index contributed by atoms with van der Waals surface area (Å²) in [5.74, 6) is -0.958. The summed E-state index contributed by atoms with van der Waals surface area (Å²) in [5, 5.41) is 37.9. The molecule has 2 aliphatic heterocycles. The Bertz CT molecular complexity index is 1640. The van der Waals surface area contributed by atoms with Gasteiger partial charge < -0.3 is 35.6 Å². The number of aliphatic hydroxyl groups is 3. The number of carbonyl (C=O) groups is 1. The summed E-state index contributed by atoms with van der Waals surface area (Å²) in [7, 11) is -4.88. The average molecular weight is 700 g/mol. The Morgan fingerprint density at radius 2 is 1.85 bits per heavy atom. The van der Waals surface area contributed by atoms with Crippen molar-refractivity contribution >= 4 is 37.6 Å². The van der Waals surface area contributed by atoms with Gasteiger partial charge in [-0.25, -0.2) is 17.4 Å². The monoisotopic (exact) mass is 699 g/mol. The first-order valence-electron chi connectivity index (χ1n) is 15.5. The van der Waals surface area contributed by atoms with E-state index in [1.807, 2.05) is 32.8 Å². The fourth-order valence-electron chi connectivity index (χ4n) is 6.45. The minimum atomic E-state index is -4.78. The molecule has 1 saturated heterocycles. The lowest BCUT2D eigenvalue weighted by atomic mass is 9.69. The molecule has 0 aromatic heterocycles. The highest BCUT2D eigenvalue weighted by Gasteiger charge is 2.49. The van der Waals surface area contributed by atoms with E-state index in [-0.39, 0.29) is 22.8 Å². The molecule has 2 aromatic rings. The molecular formula is C31H45N3O11S2. The lowest BCUT2D eigenvalue weighted by Crippen LogP contribution is -2.57. The van der Waals surface area contributed by atoms with E-state index >= 15 is 0 Å². The lowest BCUT2D eigenvalue weighted by molar-refractivity contribution is -0.180. The number of sulfone groups is 1. The number of hydrogen-bond acceptors (Lipinski definition) is 11. The number of unbranched alkanes of at least 4 members (excludes halogenated alkanes) is 1. The van der Waals surface area contributed by atoms with Crippen LogP contribution in [-0.2, 0) is 29.2 Å². The number of urea groups is 1. The van der Waals surface area contributed by atoms with E-state index in [9.17, 15) is 36.9 Å². The highest BCUT2D eigenvalue weighted by molar-refractivity contribution is 7.91. The van der Waals surface area contributed by atoms with Crippen molar-refractivity contribution in [3.05, 3.63) is 53.6 Å². The van der Waals surface area contributed by atoms with Crippen molar-refractivity contribution in [1.82, 2.24) is 5.32 Å². The zero-order chi connectivity index (χ0) is 34.7. The van der Waals surface area contributed by atoms with E-state index in [1.165, 1.54) is 0 Å². The first kappa shape index (κ1) is 37.0. The van der Waals surface area contributed by atoms with Gasteiger partial charge in [0.15, 0.2) is 16.1 Å². The zero-order valence-electron chi connectivity index (χ0n) is 26.9. The molecule has 2 amide bonds. The van der Waals surface area contributed by atoms with Crippen LogP contribution >= 0.6 is 0 Å². The van der Waals surface area contributed by atoms with Gasteiger partial charge in [0.25, 0.3) is 0 Å². The van der Waals surface area contributed by atoms with E-state index < -0.39 is 74.9 Å². The van der Waals surface area contributed by atoms with E-state index in [2.05, 4.69) is 14.8 Å². The number of aliphatic hydroxyl groups excluding tert-OH is 3. The van der Waals surface area contributed by atoms with Gasteiger partial charge in [-0.3, -0.25) is 4.55 Å². The topological polar surface area (TPSA) is 212 Å². The predicted octanol–water partition coefficient (Wildman–Crippen LogP) is 2.40. The molecule has 6 N–H and O–H groups in total. The first-order valence-corrected chi connectivity index (χ1v) is 18.5. The average Bonchev–Trinajstić information content (AvgIpc) is 3.07. The van der Waals surface area contributed by atoms with Gasteiger partial charge in [-0.2, -0.15) is 8.42 Å². The number of amides is 2. The number of anilines is 2. The third-order valence-corrected chi connectivity index (χ3v) is 11.5. The van der Waals surface area contributed by atoms with Crippen molar-refractivity contribution in [2.24, 2.45) is 5.41 Å². The molecule has 2 aliphatic rings.